The maximum atomic E-state index is 11.8. The monoisotopic (exact) mass is 301 g/mol. The number of aromatic nitrogens is 1. The molecule has 0 atom stereocenters. The summed E-state index contributed by atoms with van der Waals surface area (Å²) in [6, 6.07) is 3.51. The van der Waals surface area contributed by atoms with Gasteiger partial charge in [0, 0.05) is 12.3 Å². The lowest BCUT2D eigenvalue weighted by Crippen LogP contribution is -2.28. The number of hydrogen-bond acceptors (Lipinski definition) is 3. The second-order valence-electron chi connectivity index (χ2n) is 6.43. The van der Waals surface area contributed by atoms with Gasteiger partial charge in [-0.3, -0.25) is 9.59 Å². The quantitative estimate of drug-likeness (QED) is 0.811. The Labute approximate surface area is 130 Å². The molecule has 0 unspecified atom stereocenters. The van der Waals surface area contributed by atoms with E-state index in [-0.39, 0.29) is 17.7 Å². The van der Waals surface area contributed by atoms with Gasteiger partial charge in [-0.1, -0.05) is 19.3 Å². The Hall–Kier alpha value is -1.91. The highest BCUT2D eigenvalue weighted by Crippen LogP contribution is 2.33. The summed E-state index contributed by atoms with van der Waals surface area (Å²) < 4.78 is 0. The lowest BCUT2D eigenvalue weighted by Gasteiger charge is -2.23. The van der Waals surface area contributed by atoms with Crippen molar-refractivity contribution in [3.05, 3.63) is 18.3 Å². The molecule has 0 bridgehead atoms. The molecule has 5 nitrogen and oxygen atoms in total. The summed E-state index contributed by atoms with van der Waals surface area (Å²) in [4.78, 5) is 27.8. The zero-order valence-electron chi connectivity index (χ0n) is 12.8. The predicted octanol–water partition coefficient (Wildman–Crippen LogP) is 3.34. The molecule has 2 aliphatic rings. The van der Waals surface area contributed by atoms with Gasteiger partial charge in [0.2, 0.25) is 11.8 Å². The SMILES string of the molecule is O=C(CCCC1CC1)Nc1ccc(NC(=O)C2CCC2)cn1. The van der Waals surface area contributed by atoms with Crippen LogP contribution in [0, 0.1) is 11.8 Å². The number of carbonyl (C=O) groups excluding carboxylic acids is 2. The minimum atomic E-state index is 0.0133. The van der Waals surface area contributed by atoms with Crippen LogP contribution in [0.15, 0.2) is 18.3 Å². The molecule has 1 aromatic rings. The van der Waals surface area contributed by atoms with Crippen LogP contribution in [0.3, 0.4) is 0 Å². The summed E-state index contributed by atoms with van der Waals surface area (Å²) in [5.74, 6) is 1.65. The van der Waals surface area contributed by atoms with Crippen LogP contribution in [0.1, 0.15) is 51.4 Å². The van der Waals surface area contributed by atoms with Gasteiger partial charge in [-0.25, -0.2) is 4.98 Å². The van der Waals surface area contributed by atoms with Crippen LogP contribution in [0.25, 0.3) is 0 Å². The Balaban J connectivity index is 1.41. The molecule has 2 saturated carbocycles. The summed E-state index contributed by atoms with van der Waals surface area (Å²) in [5.41, 5.74) is 0.684. The topological polar surface area (TPSA) is 71.1 Å². The van der Waals surface area contributed by atoms with Crippen LogP contribution < -0.4 is 10.6 Å². The Kier molecular flexibility index (Phi) is 4.71. The zero-order valence-corrected chi connectivity index (χ0v) is 12.8. The first-order valence-corrected chi connectivity index (χ1v) is 8.27. The number of anilines is 2. The first-order chi connectivity index (χ1) is 10.7. The van der Waals surface area contributed by atoms with E-state index in [4.69, 9.17) is 0 Å². The largest absolute Gasteiger partial charge is 0.324 e. The van der Waals surface area contributed by atoms with Crippen molar-refractivity contribution in [2.45, 2.75) is 51.4 Å². The van der Waals surface area contributed by atoms with Gasteiger partial charge in [0.05, 0.1) is 11.9 Å². The van der Waals surface area contributed by atoms with Gasteiger partial charge in [-0.05, 0) is 43.7 Å². The third-order valence-corrected chi connectivity index (χ3v) is 4.49. The average molecular weight is 301 g/mol. The molecule has 5 heteroatoms. The molecule has 2 fully saturated rings. The van der Waals surface area contributed by atoms with E-state index in [0.717, 1.165) is 38.0 Å². The van der Waals surface area contributed by atoms with Crippen LogP contribution in [-0.2, 0) is 9.59 Å². The molecule has 1 aromatic heterocycles. The summed E-state index contributed by atoms with van der Waals surface area (Å²) in [6.45, 7) is 0. The van der Waals surface area contributed by atoms with Gasteiger partial charge in [0.25, 0.3) is 0 Å². The lowest BCUT2D eigenvalue weighted by molar-refractivity contribution is -0.122. The van der Waals surface area contributed by atoms with Crippen LogP contribution in [0.4, 0.5) is 11.5 Å². The fourth-order valence-corrected chi connectivity index (χ4v) is 2.62. The number of amides is 2. The minimum Gasteiger partial charge on any atom is -0.324 e. The second-order valence-corrected chi connectivity index (χ2v) is 6.43. The van der Waals surface area contributed by atoms with Gasteiger partial charge in [-0.2, -0.15) is 0 Å². The van der Waals surface area contributed by atoms with Crippen LogP contribution >= 0.6 is 0 Å². The van der Waals surface area contributed by atoms with Crippen LogP contribution in [0.2, 0.25) is 0 Å². The lowest BCUT2D eigenvalue weighted by atomic mass is 9.85. The summed E-state index contributed by atoms with van der Waals surface area (Å²) in [5, 5.41) is 5.66. The third kappa shape index (κ3) is 4.29. The Morgan fingerprint density at radius 1 is 1.14 bits per heavy atom. The molecule has 2 aliphatic carbocycles. The number of pyridine rings is 1. The number of nitrogens with zero attached hydrogens (tertiary/aromatic N) is 1. The van der Waals surface area contributed by atoms with Crippen LogP contribution in [-0.4, -0.2) is 16.8 Å². The molecule has 3 rings (SSSR count). The second kappa shape index (κ2) is 6.90. The van der Waals surface area contributed by atoms with Gasteiger partial charge < -0.3 is 10.6 Å². The molecule has 0 spiro atoms. The van der Waals surface area contributed by atoms with Crippen LogP contribution in [0.5, 0.6) is 0 Å². The van der Waals surface area contributed by atoms with Gasteiger partial charge >= 0.3 is 0 Å². The van der Waals surface area contributed by atoms with E-state index in [1.54, 1.807) is 18.3 Å². The van der Waals surface area contributed by atoms with Crippen molar-refractivity contribution in [2.24, 2.45) is 11.8 Å². The first-order valence-electron chi connectivity index (χ1n) is 8.27. The molecule has 0 saturated heterocycles. The Morgan fingerprint density at radius 2 is 1.95 bits per heavy atom. The summed E-state index contributed by atoms with van der Waals surface area (Å²) in [6.07, 6.45) is 10.0. The number of rotatable bonds is 7. The van der Waals surface area contributed by atoms with Gasteiger partial charge in [0.1, 0.15) is 5.82 Å². The molecular formula is C17H23N3O2. The molecule has 2 amide bonds. The fourth-order valence-electron chi connectivity index (χ4n) is 2.62. The van der Waals surface area contributed by atoms with E-state index >= 15 is 0 Å². The number of nitrogens with one attached hydrogen (secondary N) is 2. The normalized spacial score (nSPS) is 17.6. The zero-order chi connectivity index (χ0) is 15.4. The molecule has 0 radical (unpaired) electrons. The Bertz CT molecular complexity index is 533. The minimum absolute atomic E-state index is 0.0133. The van der Waals surface area contributed by atoms with Gasteiger partial charge in [0.15, 0.2) is 0 Å². The highest BCUT2D eigenvalue weighted by atomic mass is 16.2. The van der Waals surface area contributed by atoms with E-state index in [1.165, 1.54) is 12.8 Å². The van der Waals surface area contributed by atoms with Crippen molar-refractivity contribution in [3.63, 3.8) is 0 Å². The standard InChI is InChI=1S/C17H23N3O2/c21-16(6-1-3-12-7-8-12)20-15-10-9-14(11-18-15)19-17(22)13-4-2-5-13/h9-13H,1-8H2,(H,19,22)(H,18,20,21). The number of carbonyl (C=O) groups is 2. The van der Waals surface area contributed by atoms with E-state index < -0.39 is 0 Å². The Morgan fingerprint density at radius 3 is 2.55 bits per heavy atom. The van der Waals surface area contributed by atoms with Crippen molar-refractivity contribution < 1.29 is 9.59 Å². The molecule has 1 heterocycles. The number of hydrogen-bond donors (Lipinski definition) is 2. The van der Waals surface area contributed by atoms with Crippen molar-refractivity contribution in [3.8, 4) is 0 Å². The van der Waals surface area contributed by atoms with Crippen molar-refractivity contribution in [2.75, 3.05) is 10.6 Å². The molecule has 0 aliphatic heterocycles. The van der Waals surface area contributed by atoms with E-state index in [2.05, 4.69) is 15.6 Å². The molecular weight excluding hydrogens is 278 g/mol. The van der Waals surface area contributed by atoms with Crippen molar-refractivity contribution >= 4 is 23.3 Å². The first kappa shape index (κ1) is 15.0. The maximum Gasteiger partial charge on any atom is 0.227 e. The smallest absolute Gasteiger partial charge is 0.227 e. The third-order valence-electron chi connectivity index (χ3n) is 4.49. The van der Waals surface area contributed by atoms with Crippen molar-refractivity contribution in [1.82, 2.24) is 4.98 Å². The fraction of sp³-hybridized carbons (Fsp3) is 0.588. The average Bonchev–Trinajstić information content (AvgIpc) is 3.23. The van der Waals surface area contributed by atoms with E-state index in [1.807, 2.05) is 0 Å². The summed E-state index contributed by atoms with van der Waals surface area (Å²) in [7, 11) is 0. The highest BCUT2D eigenvalue weighted by molar-refractivity contribution is 5.93. The molecule has 22 heavy (non-hydrogen) atoms. The maximum absolute atomic E-state index is 11.8. The van der Waals surface area contributed by atoms with E-state index in [9.17, 15) is 9.59 Å². The van der Waals surface area contributed by atoms with E-state index in [0.29, 0.717) is 17.9 Å². The van der Waals surface area contributed by atoms with Crippen molar-refractivity contribution in [1.29, 1.82) is 0 Å². The summed E-state index contributed by atoms with van der Waals surface area (Å²) >= 11 is 0. The molecule has 0 aromatic carbocycles. The highest BCUT2D eigenvalue weighted by Gasteiger charge is 2.25. The van der Waals surface area contributed by atoms with Gasteiger partial charge in [-0.15, -0.1) is 0 Å². The molecule has 118 valence electrons. The predicted molar refractivity (Wildman–Crippen MR) is 85.4 cm³/mol. The molecule has 2 N–H and O–H groups in total.